The first kappa shape index (κ1) is 24.5. The first-order chi connectivity index (χ1) is 16.0. The second-order valence-electron chi connectivity index (χ2n) is 8.88. The predicted octanol–water partition coefficient (Wildman–Crippen LogP) is 6.71. The van der Waals surface area contributed by atoms with Crippen molar-refractivity contribution in [3.8, 4) is 11.1 Å². The van der Waals surface area contributed by atoms with Gasteiger partial charge in [-0.15, -0.1) is 0 Å². The first-order valence-corrected chi connectivity index (χ1v) is 11.8. The van der Waals surface area contributed by atoms with E-state index >= 15 is 0 Å². The molecule has 33 heavy (non-hydrogen) atoms. The second kappa shape index (κ2) is 12.2. The summed E-state index contributed by atoms with van der Waals surface area (Å²) in [7, 11) is 1.37. The lowest BCUT2D eigenvalue weighted by Gasteiger charge is -2.29. The number of rotatable bonds is 9. The van der Waals surface area contributed by atoms with Crippen molar-refractivity contribution in [3.05, 3.63) is 77.9 Å². The van der Waals surface area contributed by atoms with Gasteiger partial charge in [0.05, 0.1) is 13.7 Å². The summed E-state index contributed by atoms with van der Waals surface area (Å²) in [6.45, 7) is 5.79. The molecule has 0 heterocycles. The van der Waals surface area contributed by atoms with Crippen molar-refractivity contribution in [3.63, 3.8) is 0 Å². The molecule has 1 fully saturated rings. The molecule has 0 spiro atoms. The molecule has 0 N–H and O–H groups in total. The van der Waals surface area contributed by atoms with E-state index in [0.717, 1.165) is 29.9 Å². The lowest BCUT2D eigenvalue weighted by molar-refractivity contribution is -0.139. The van der Waals surface area contributed by atoms with Crippen LogP contribution in [0.4, 0.5) is 0 Å². The summed E-state index contributed by atoms with van der Waals surface area (Å²) in [5, 5.41) is 0. The third-order valence-corrected chi connectivity index (χ3v) is 6.42. The van der Waals surface area contributed by atoms with E-state index < -0.39 is 0 Å². The van der Waals surface area contributed by atoms with E-state index in [1.807, 2.05) is 12.1 Å². The van der Waals surface area contributed by atoms with Crippen LogP contribution in [0.2, 0.25) is 0 Å². The van der Waals surface area contributed by atoms with E-state index in [1.165, 1.54) is 50.0 Å². The number of methoxy groups -OCH3 is 1. The van der Waals surface area contributed by atoms with Gasteiger partial charge in [0.2, 0.25) is 0 Å². The highest BCUT2D eigenvalue weighted by Crippen LogP contribution is 2.38. The molecule has 0 atom stereocenters. The molecule has 174 valence electrons. The Morgan fingerprint density at radius 2 is 1.58 bits per heavy atom. The maximum atomic E-state index is 11.4. The Morgan fingerprint density at radius 1 is 0.970 bits per heavy atom. The van der Waals surface area contributed by atoms with Gasteiger partial charge < -0.3 is 9.47 Å². The van der Waals surface area contributed by atoms with Gasteiger partial charge in [0, 0.05) is 11.6 Å². The van der Waals surface area contributed by atoms with Crippen LogP contribution in [0.25, 0.3) is 17.2 Å². The topological polar surface area (TPSA) is 52.6 Å². The Bertz CT molecular complexity index is 962. The molecule has 1 saturated carbocycles. The van der Waals surface area contributed by atoms with Gasteiger partial charge in [0.25, 0.3) is 0 Å². The first-order valence-electron chi connectivity index (χ1n) is 11.8. The third kappa shape index (κ3) is 7.45. The second-order valence-corrected chi connectivity index (χ2v) is 8.88. The van der Waals surface area contributed by atoms with Crippen LogP contribution >= 0.6 is 0 Å². The number of ether oxygens (including phenoxy) is 2. The summed E-state index contributed by atoms with van der Waals surface area (Å²) in [5.41, 5.74) is 5.20. The Kier molecular flexibility index (Phi) is 9.05. The highest BCUT2D eigenvalue weighted by Gasteiger charge is 2.22. The standard InChI is InChI=1S/C29H34O4/c1-21(2)29(31)33-20-4-5-22-6-11-24(12-7-22)26-15-17-27(18-16-26)25-13-8-23(9-14-25)10-19-28(30)32-3/h8-10,13-19,22,24H,1,4-7,11-12,20H2,2-3H3/b19-10+. The maximum absolute atomic E-state index is 11.4. The van der Waals surface area contributed by atoms with Crippen LogP contribution in [0.15, 0.2) is 66.8 Å². The molecule has 0 aromatic heterocycles. The van der Waals surface area contributed by atoms with E-state index in [-0.39, 0.29) is 11.9 Å². The summed E-state index contributed by atoms with van der Waals surface area (Å²) in [5.74, 6) is 0.722. The number of carbonyl (C=O) groups excluding carboxylic acids is 2. The highest BCUT2D eigenvalue weighted by atomic mass is 16.5. The van der Waals surface area contributed by atoms with E-state index in [4.69, 9.17) is 4.74 Å². The van der Waals surface area contributed by atoms with Gasteiger partial charge in [-0.2, -0.15) is 0 Å². The molecule has 4 heteroatoms. The number of carbonyl (C=O) groups is 2. The van der Waals surface area contributed by atoms with Crippen molar-refractivity contribution in [2.45, 2.75) is 51.4 Å². The fraction of sp³-hybridized carbons (Fsp3) is 0.379. The highest BCUT2D eigenvalue weighted by molar-refractivity contribution is 5.87. The van der Waals surface area contributed by atoms with Crippen molar-refractivity contribution in [2.24, 2.45) is 5.92 Å². The molecule has 2 aromatic carbocycles. The normalized spacial score (nSPS) is 18.1. The van der Waals surface area contributed by atoms with Crippen LogP contribution in [0.3, 0.4) is 0 Å². The fourth-order valence-electron chi connectivity index (χ4n) is 4.41. The molecule has 0 amide bonds. The average molecular weight is 447 g/mol. The fourth-order valence-corrected chi connectivity index (χ4v) is 4.41. The molecular formula is C29H34O4. The molecule has 4 nitrogen and oxygen atoms in total. The summed E-state index contributed by atoms with van der Waals surface area (Å²) < 4.78 is 9.83. The lowest BCUT2D eigenvalue weighted by atomic mass is 9.77. The third-order valence-electron chi connectivity index (χ3n) is 6.42. The largest absolute Gasteiger partial charge is 0.466 e. The molecule has 3 rings (SSSR count). The number of hydrogen-bond donors (Lipinski definition) is 0. The monoisotopic (exact) mass is 446 g/mol. The lowest BCUT2D eigenvalue weighted by Crippen LogP contribution is -2.14. The Hall–Kier alpha value is -3.14. The van der Waals surface area contributed by atoms with Gasteiger partial charge in [-0.3, -0.25) is 0 Å². The smallest absolute Gasteiger partial charge is 0.333 e. The maximum Gasteiger partial charge on any atom is 0.333 e. The number of hydrogen-bond acceptors (Lipinski definition) is 4. The summed E-state index contributed by atoms with van der Waals surface area (Å²) >= 11 is 0. The van der Waals surface area contributed by atoms with Crippen molar-refractivity contribution in [2.75, 3.05) is 13.7 Å². The quantitative estimate of drug-likeness (QED) is 0.244. The van der Waals surface area contributed by atoms with Gasteiger partial charge in [-0.05, 0) is 85.6 Å². The summed E-state index contributed by atoms with van der Waals surface area (Å²) in [4.78, 5) is 22.7. The molecule has 0 unspecified atom stereocenters. The summed E-state index contributed by atoms with van der Waals surface area (Å²) in [6, 6.07) is 17.1. The minimum absolute atomic E-state index is 0.284. The van der Waals surface area contributed by atoms with Crippen molar-refractivity contribution in [1.82, 2.24) is 0 Å². The molecule has 1 aliphatic rings. The molecule has 2 aromatic rings. The van der Waals surface area contributed by atoms with Crippen LogP contribution in [-0.2, 0) is 19.1 Å². The van der Waals surface area contributed by atoms with Crippen LogP contribution < -0.4 is 0 Å². The number of benzene rings is 2. The van der Waals surface area contributed by atoms with E-state index in [9.17, 15) is 9.59 Å². The SMILES string of the molecule is C=C(C)C(=O)OCCCC1CCC(c2ccc(-c3ccc(/C=C/C(=O)OC)cc3)cc2)CC1. The number of esters is 2. The van der Waals surface area contributed by atoms with E-state index in [1.54, 1.807) is 13.0 Å². The van der Waals surface area contributed by atoms with Gasteiger partial charge in [-0.1, -0.05) is 55.1 Å². The van der Waals surface area contributed by atoms with E-state index in [0.29, 0.717) is 18.1 Å². The van der Waals surface area contributed by atoms with Crippen molar-refractivity contribution >= 4 is 18.0 Å². The Morgan fingerprint density at radius 3 is 2.15 bits per heavy atom. The molecular weight excluding hydrogens is 412 g/mol. The van der Waals surface area contributed by atoms with Crippen molar-refractivity contribution in [1.29, 1.82) is 0 Å². The van der Waals surface area contributed by atoms with Gasteiger partial charge in [-0.25, -0.2) is 9.59 Å². The average Bonchev–Trinajstić information content (AvgIpc) is 2.85. The molecule has 0 aliphatic heterocycles. The zero-order valence-electron chi connectivity index (χ0n) is 19.7. The van der Waals surface area contributed by atoms with Gasteiger partial charge in [0.1, 0.15) is 0 Å². The Balaban J connectivity index is 1.46. The minimum atomic E-state index is -0.354. The Labute approximate surface area is 197 Å². The molecule has 0 bridgehead atoms. The molecule has 1 aliphatic carbocycles. The van der Waals surface area contributed by atoms with Gasteiger partial charge in [0.15, 0.2) is 0 Å². The van der Waals surface area contributed by atoms with Crippen LogP contribution in [-0.4, -0.2) is 25.7 Å². The zero-order valence-corrected chi connectivity index (χ0v) is 19.7. The van der Waals surface area contributed by atoms with Crippen LogP contribution in [0.5, 0.6) is 0 Å². The van der Waals surface area contributed by atoms with Crippen LogP contribution in [0.1, 0.15) is 62.5 Å². The summed E-state index contributed by atoms with van der Waals surface area (Å²) in [6.07, 6.45) is 10.2. The minimum Gasteiger partial charge on any atom is -0.466 e. The van der Waals surface area contributed by atoms with Crippen LogP contribution in [0, 0.1) is 5.92 Å². The molecule has 0 radical (unpaired) electrons. The van der Waals surface area contributed by atoms with Crippen molar-refractivity contribution < 1.29 is 19.1 Å². The van der Waals surface area contributed by atoms with E-state index in [2.05, 4.69) is 47.7 Å². The predicted molar refractivity (Wildman–Crippen MR) is 133 cm³/mol. The molecule has 0 saturated heterocycles. The zero-order chi connectivity index (χ0) is 23.6. The van der Waals surface area contributed by atoms with Gasteiger partial charge >= 0.3 is 11.9 Å².